The van der Waals surface area contributed by atoms with Crippen LogP contribution in [-0.4, -0.2) is 56.9 Å². The summed E-state index contributed by atoms with van der Waals surface area (Å²) in [7, 11) is 1.77. The van der Waals surface area contributed by atoms with Crippen molar-refractivity contribution in [3.8, 4) is 0 Å². The van der Waals surface area contributed by atoms with Gasteiger partial charge in [-0.15, -0.1) is 0 Å². The predicted molar refractivity (Wildman–Crippen MR) is 88.7 cm³/mol. The van der Waals surface area contributed by atoms with Gasteiger partial charge in [-0.05, 0) is 18.1 Å². The van der Waals surface area contributed by atoms with Crippen LogP contribution in [0.2, 0.25) is 0 Å². The summed E-state index contributed by atoms with van der Waals surface area (Å²) < 4.78 is 5.49. The fraction of sp³-hybridized carbons (Fsp3) is 0.647. The molecule has 1 aliphatic heterocycles. The molecule has 2 N–H and O–H groups in total. The van der Waals surface area contributed by atoms with E-state index in [1.807, 2.05) is 0 Å². The van der Waals surface area contributed by atoms with E-state index in [0.29, 0.717) is 19.1 Å². The van der Waals surface area contributed by atoms with E-state index in [9.17, 15) is 0 Å². The van der Waals surface area contributed by atoms with Gasteiger partial charge in [0.2, 0.25) is 0 Å². The number of hydrogen-bond acceptors (Lipinski definition) is 4. The van der Waals surface area contributed by atoms with Crippen molar-refractivity contribution in [1.29, 1.82) is 0 Å². The summed E-state index contributed by atoms with van der Waals surface area (Å²) in [6.07, 6.45) is 0. The first-order chi connectivity index (χ1) is 10.1. The third-order valence-electron chi connectivity index (χ3n) is 4.85. The van der Waals surface area contributed by atoms with Crippen molar-refractivity contribution >= 4 is 5.69 Å². The number of para-hydroxylation sites is 1. The molecule has 0 bridgehead atoms. The second-order valence-electron chi connectivity index (χ2n) is 6.21. The number of piperazine rings is 1. The summed E-state index contributed by atoms with van der Waals surface area (Å²) in [5.41, 5.74) is 7.40. The van der Waals surface area contributed by atoms with Crippen LogP contribution in [0.15, 0.2) is 30.3 Å². The zero-order valence-corrected chi connectivity index (χ0v) is 13.6. The number of benzene rings is 1. The predicted octanol–water partition coefficient (Wildman–Crippen LogP) is 1.81. The molecule has 4 heteroatoms. The molecule has 1 heterocycles. The Morgan fingerprint density at radius 2 is 1.76 bits per heavy atom. The molecule has 118 valence electrons. The van der Waals surface area contributed by atoms with E-state index in [-0.39, 0.29) is 5.54 Å². The van der Waals surface area contributed by atoms with Crippen molar-refractivity contribution in [3.63, 3.8) is 0 Å². The molecule has 21 heavy (non-hydrogen) atoms. The van der Waals surface area contributed by atoms with Crippen LogP contribution in [-0.2, 0) is 4.74 Å². The van der Waals surface area contributed by atoms with Crippen molar-refractivity contribution < 1.29 is 4.74 Å². The van der Waals surface area contributed by atoms with Crippen molar-refractivity contribution in [2.75, 3.05) is 51.3 Å². The molecule has 1 atom stereocenters. The Labute approximate surface area is 128 Å². The number of nitrogens with zero attached hydrogens (tertiary/aromatic N) is 2. The van der Waals surface area contributed by atoms with Gasteiger partial charge in [0.15, 0.2) is 0 Å². The Morgan fingerprint density at radius 3 is 2.24 bits per heavy atom. The number of methoxy groups -OCH3 is 1. The Morgan fingerprint density at radius 1 is 1.14 bits per heavy atom. The largest absolute Gasteiger partial charge is 0.383 e. The Balaban J connectivity index is 2.04. The maximum Gasteiger partial charge on any atom is 0.0661 e. The minimum absolute atomic E-state index is 0.0441. The molecule has 0 amide bonds. The SMILES string of the molecule is COCC(CN)(C(C)C)N1CCN(c2ccccc2)CC1. The van der Waals surface area contributed by atoms with Gasteiger partial charge in [0, 0.05) is 45.5 Å². The molecular formula is C17H29N3O. The average molecular weight is 291 g/mol. The van der Waals surface area contributed by atoms with Gasteiger partial charge in [-0.2, -0.15) is 0 Å². The molecule has 4 nitrogen and oxygen atoms in total. The molecule has 0 aromatic heterocycles. The van der Waals surface area contributed by atoms with Gasteiger partial charge >= 0.3 is 0 Å². The average Bonchev–Trinajstić information content (AvgIpc) is 2.53. The van der Waals surface area contributed by atoms with Crippen LogP contribution in [0.4, 0.5) is 5.69 Å². The van der Waals surface area contributed by atoms with Crippen molar-refractivity contribution in [3.05, 3.63) is 30.3 Å². The fourth-order valence-corrected chi connectivity index (χ4v) is 3.35. The summed E-state index contributed by atoms with van der Waals surface area (Å²) in [4.78, 5) is 4.98. The van der Waals surface area contributed by atoms with Gasteiger partial charge in [-0.3, -0.25) is 4.90 Å². The summed E-state index contributed by atoms with van der Waals surface area (Å²) in [5, 5.41) is 0. The van der Waals surface area contributed by atoms with E-state index in [4.69, 9.17) is 10.5 Å². The second kappa shape index (κ2) is 7.25. The van der Waals surface area contributed by atoms with E-state index >= 15 is 0 Å². The lowest BCUT2D eigenvalue weighted by atomic mass is 9.84. The molecule has 1 aliphatic rings. The Hall–Kier alpha value is -1.10. The van der Waals surface area contributed by atoms with E-state index in [2.05, 4.69) is 54.0 Å². The number of anilines is 1. The number of hydrogen-bond donors (Lipinski definition) is 1. The van der Waals surface area contributed by atoms with Gasteiger partial charge in [-0.25, -0.2) is 0 Å². The quantitative estimate of drug-likeness (QED) is 0.868. The maximum atomic E-state index is 6.14. The maximum absolute atomic E-state index is 6.14. The molecule has 0 radical (unpaired) electrons. The summed E-state index contributed by atoms with van der Waals surface area (Å²) >= 11 is 0. The number of rotatable bonds is 6. The lowest BCUT2D eigenvalue weighted by Crippen LogP contribution is -2.64. The van der Waals surface area contributed by atoms with Gasteiger partial charge in [0.1, 0.15) is 0 Å². The number of ether oxygens (including phenoxy) is 1. The highest BCUT2D eigenvalue weighted by Crippen LogP contribution is 2.27. The van der Waals surface area contributed by atoms with Crippen LogP contribution < -0.4 is 10.6 Å². The van der Waals surface area contributed by atoms with Gasteiger partial charge in [0.25, 0.3) is 0 Å². The molecule has 2 rings (SSSR count). The molecule has 1 aromatic rings. The zero-order chi connectivity index (χ0) is 15.3. The lowest BCUT2D eigenvalue weighted by Gasteiger charge is -2.49. The third kappa shape index (κ3) is 3.39. The highest BCUT2D eigenvalue weighted by Gasteiger charge is 2.40. The minimum atomic E-state index is -0.0441. The van der Waals surface area contributed by atoms with E-state index in [0.717, 1.165) is 26.2 Å². The van der Waals surface area contributed by atoms with Crippen molar-refractivity contribution in [1.82, 2.24) is 4.90 Å². The van der Waals surface area contributed by atoms with E-state index < -0.39 is 0 Å². The van der Waals surface area contributed by atoms with Crippen LogP contribution >= 0.6 is 0 Å². The molecule has 1 aromatic carbocycles. The van der Waals surface area contributed by atoms with Crippen LogP contribution in [0.3, 0.4) is 0 Å². The molecular weight excluding hydrogens is 262 g/mol. The highest BCUT2D eigenvalue weighted by molar-refractivity contribution is 5.46. The fourth-order valence-electron chi connectivity index (χ4n) is 3.35. The molecule has 1 unspecified atom stereocenters. The molecule has 1 saturated heterocycles. The Kier molecular flexibility index (Phi) is 5.62. The van der Waals surface area contributed by atoms with Crippen LogP contribution in [0, 0.1) is 5.92 Å². The molecule has 0 saturated carbocycles. The second-order valence-corrected chi connectivity index (χ2v) is 6.21. The normalized spacial score (nSPS) is 19.8. The zero-order valence-electron chi connectivity index (χ0n) is 13.6. The first-order valence-electron chi connectivity index (χ1n) is 7.88. The monoisotopic (exact) mass is 291 g/mol. The van der Waals surface area contributed by atoms with Gasteiger partial charge < -0.3 is 15.4 Å². The summed E-state index contributed by atoms with van der Waals surface area (Å²) in [6.45, 7) is 9.99. The summed E-state index contributed by atoms with van der Waals surface area (Å²) in [6, 6.07) is 10.6. The van der Waals surface area contributed by atoms with Crippen LogP contribution in [0.5, 0.6) is 0 Å². The van der Waals surface area contributed by atoms with E-state index in [1.165, 1.54) is 5.69 Å². The third-order valence-corrected chi connectivity index (χ3v) is 4.85. The Bertz CT molecular complexity index is 415. The minimum Gasteiger partial charge on any atom is -0.383 e. The summed E-state index contributed by atoms with van der Waals surface area (Å²) in [5.74, 6) is 0.478. The van der Waals surface area contributed by atoms with Crippen LogP contribution in [0.1, 0.15) is 13.8 Å². The van der Waals surface area contributed by atoms with Crippen LogP contribution in [0.25, 0.3) is 0 Å². The van der Waals surface area contributed by atoms with E-state index in [1.54, 1.807) is 7.11 Å². The van der Waals surface area contributed by atoms with Gasteiger partial charge in [0.05, 0.1) is 12.1 Å². The molecule has 0 aliphatic carbocycles. The van der Waals surface area contributed by atoms with Crippen molar-refractivity contribution in [2.24, 2.45) is 11.7 Å². The lowest BCUT2D eigenvalue weighted by molar-refractivity contribution is -0.0190. The topological polar surface area (TPSA) is 41.7 Å². The van der Waals surface area contributed by atoms with Crippen molar-refractivity contribution in [2.45, 2.75) is 19.4 Å². The first kappa shape index (κ1) is 16.3. The first-order valence-corrected chi connectivity index (χ1v) is 7.88. The standard InChI is InChI=1S/C17H29N3O/c1-15(2)17(13-18,14-21-3)20-11-9-19(10-12-20)16-7-5-4-6-8-16/h4-8,15H,9-14,18H2,1-3H3. The smallest absolute Gasteiger partial charge is 0.0661 e. The van der Waals surface area contributed by atoms with Gasteiger partial charge in [-0.1, -0.05) is 32.0 Å². The number of nitrogens with two attached hydrogens (primary N) is 1. The molecule has 0 spiro atoms. The highest BCUT2D eigenvalue weighted by atomic mass is 16.5. The molecule has 1 fully saturated rings.